The van der Waals surface area contributed by atoms with Gasteiger partial charge >= 0.3 is 0 Å². The fourth-order valence-corrected chi connectivity index (χ4v) is 5.21. The lowest BCUT2D eigenvalue weighted by Crippen LogP contribution is -2.33. The lowest BCUT2D eigenvalue weighted by molar-refractivity contribution is -0.0499. The minimum absolute atomic E-state index is 0.0886. The van der Waals surface area contributed by atoms with Crippen molar-refractivity contribution >= 4 is 22.9 Å². The zero-order chi connectivity index (χ0) is 30.5. The summed E-state index contributed by atoms with van der Waals surface area (Å²) in [6.45, 7) is 0.432. The lowest BCUT2D eigenvalue weighted by Gasteiger charge is -2.20. The largest absolute Gasteiger partial charge is 0.493 e. The minimum Gasteiger partial charge on any atom is -0.493 e. The summed E-state index contributed by atoms with van der Waals surface area (Å²) in [4.78, 5) is 18.8. The maximum Gasteiger partial charge on any atom is 0.253 e. The number of fused-ring (bicyclic) bond motifs is 1. The van der Waals surface area contributed by atoms with E-state index in [0.29, 0.717) is 54.3 Å². The average molecular weight is 591 g/mol. The molecule has 0 bridgehead atoms. The highest BCUT2D eigenvalue weighted by atomic mass is 16.6. The summed E-state index contributed by atoms with van der Waals surface area (Å²) in [6, 6.07) is 20.7. The standard InChI is InChI=1S/C32H38N4O7/c1-35(2)30(41)22-9-7-8-21(17-22)23-13-12-20(16-26(23)42-15-6-5-14-37)18-33-32-34-24-10-3-4-11-25(24)36(32)31-29(40)28(39)27(19-38)43-31/h3-4,7-13,16-17,27-29,31,37-40H,5-6,14-15,18-19H2,1-2H3,(H,33,34)/t27-,28-,29-,31-/m1/s1. The smallest absolute Gasteiger partial charge is 0.253 e. The number of aliphatic hydroxyl groups excluding tert-OH is 4. The van der Waals surface area contributed by atoms with Crippen LogP contribution >= 0.6 is 0 Å². The number of carbonyl (C=O) groups is 1. The van der Waals surface area contributed by atoms with Crippen LogP contribution in [0.25, 0.3) is 22.2 Å². The molecule has 0 aliphatic carbocycles. The number of hydrogen-bond acceptors (Lipinski definition) is 9. The van der Waals surface area contributed by atoms with Gasteiger partial charge in [-0.3, -0.25) is 9.36 Å². The van der Waals surface area contributed by atoms with Gasteiger partial charge in [0.2, 0.25) is 5.95 Å². The Labute approximate surface area is 249 Å². The monoisotopic (exact) mass is 590 g/mol. The molecule has 1 saturated heterocycles. The SMILES string of the molecule is CN(C)C(=O)c1cccc(-c2ccc(CNc3nc4ccccc4n3[C@@H]3O[C@H](CO)[C@@H](O)[C@H]3O)cc2OCCCCO)c1. The Bertz CT molecular complexity index is 1560. The summed E-state index contributed by atoms with van der Waals surface area (Å²) in [5.74, 6) is 0.981. The molecule has 228 valence electrons. The van der Waals surface area contributed by atoms with Crippen molar-refractivity contribution in [3.8, 4) is 16.9 Å². The van der Waals surface area contributed by atoms with Crippen LogP contribution in [0.5, 0.6) is 5.75 Å². The van der Waals surface area contributed by atoms with Crippen molar-refractivity contribution in [1.82, 2.24) is 14.5 Å². The van der Waals surface area contributed by atoms with Gasteiger partial charge in [-0.15, -0.1) is 0 Å². The lowest BCUT2D eigenvalue weighted by atomic mass is 10.00. The first kappa shape index (κ1) is 30.5. The highest BCUT2D eigenvalue weighted by Crippen LogP contribution is 2.36. The summed E-state index contributed by atoms with van der Waals surface area (Å²) in [5, 5.41) is 43.3. The maximum absolute atomic E-state index is 12.6. The van der Waals surface area contributed by atoms with Gasteiger partial charge in [0.05, 0.1) is 24.2 Å². The van der Waals surface area contributed by atoms with Crippen LogP contribution in [0.1, 0.15) is 35.0 Å². The molecule has 4 atom stereocenters. The Kier molecular flexibility index (Phi) is 9.59. The third kappa shape index (κ3) is 6.51. The van der Waals surface area contributed by atoms with Crippen LogP contribution in [0, 0.1) is 0 Å². The number of imidazole rings is 1. The van der Waals surface area contributed by atoms with Crippen molar-refractivity contribution in [2.75, 3.05) is 39.2 Å². The van der Waals surface area contributed by atoms with E-state index < -0.39 is 31.1 Å². The number of carbonyl (C=O) groups excluding carboxylic acids is 1. The quantitative estimate of drug-likeness (QED) is 0.157. The first-order chi connectivity index (χ1) is 20.8. The molecule has 11 nitrogen and oxygen atoms in total. The summed E-state index contributed by atoms with van der Waals surface area (Å²) in [5.41, 5.74) is 4.52. The second-order valence-electron chi connectivity index (χ2n) is 10.8. The molecule has 43 heavy (non-hydrogen) atoms. The fourth-order valence-electron chi connectivity index (χ4n) is 5.21. The van der Waals surface area contributed by atoms with Crippen molar-refractivity contribution in [2.45, 2.75) is 43.9 Å². The van der Waals surface area contributed by atoms with Crippen LogP contribution in [0.3, 0.4) is 0 Å². The van der Waals surface area contributed by atoms with Crippen LogP contribution in [0.4, 0.5) is 5.95 Å². The van der Waals surface area contributed by atoms with Gasteiger partial charge < -0.3 is 40.1 Å². The number of anilines is 1. The molecule has 11 heteroatoms. The Morgan fingerprint density at radius 3 is 2.58 bits per heavy atom. The van der Waals surface area contributed by atoms with Crippen LogP contribution in [-0.4, -0.2) is 93.0 Å². The molecule has 0 spiro atoms. The number of ether oxygens (including phenoxy) is 2. The van der Waals surface area contributed by atoms with Gasteiger partial charge in [0.25, 0.3) is 5.91 Å². The molecule has 5 rings (SSSR count). The van der Waals surface area contributed by atoms with Crippen molar-refractivity contribution in [3.63, 3.8) is 0 Å². The third-order valence-corrected chi connectivity index (χ3v) is 7.50. The van der Waals surface area contributed by atoms with E-state index in [1.807, 2.05) is 60.7 Å². The fraction of sp³-hybridized carbons (Fsp3) is 0.375. The maximum atomic E-state index is 12.6. The molecular formula is C32H38N4O7. The molecule has 2 heterocycles. The van der Waals surface area contributed by atoms with Crippen LogP contribution in [-0.2, 0) is 11.3 Å². The number of hydrogen-bond donors (Lipinski definition) is 5. The number of benzene rings is 3. The first-order valence-corrected chi connectivity index (χ1v) is 14.3. The molecule has 5 N–H and O–H groups in total. The van der Waals surface area contributed by atoms with Crippen molar-refractivity contribution < 1.29 is 34.7 Å². The van der Waals surface area contributed by atoms with E-state index in [9.17, 15) is 25.2 Å². The van der Waals surface area contributed by atoms with Gasteiger partial charge in [-0.25, -0.2) is 4.98 Å². The van der Waals surface area contributed by atoms with E-state index in [1.165, 1.54) is 4.90 Å². The second kappa shape index (κ2) is 13.5. The molecule has 1 aliphatic heterocycles. The van der Waals surface area contributed by atoms with Crippen molar-refractivity contribution in [3.05, 3.63) is 77.9 Å². The number of aromatic nitrogens is 2. The van der Waals surface area contributed by atoms with Gasteiger partial charge in [-0.2, -0.15) is 0 Å². The molecule has 1 fully saturated rings. The van der Waals surface area contributed by atoms with Crippen LogP contribution in [0.2, 0.25) is 0 Å². The molecule has 0 unspecified atom stereocenters. The molecule has 0 saturated carbocycles. The van der Waals surface area contributed by atoms with Gasteiger partial charge in [0, 0.05) is 38.4 Å². The predicted molar refractivity (Wildman–Crippen MR) is 162 cm³/mol. The van der Waals surface area contributed by atoms with Crippen molar-refractivity contribution in [1.29, 1.82) is 0 Å². The number of nitrogens with zero attached hydrogens (tertiary/aromatic N) is 3. The Balaban J connectivity index is 1.44. The Hall–Kier alpha value is -4.00. The molecule has 1 aliphatic rings. The number of nitrogens with one attached hydrogen (secondary N) is 1. The summed E-state index contributed by atoms with van der Waals surface area (Å²) < 4.78 is 13.7. The highest BCUT2D eigenvalue weighted by molar-refractivity contribution is 5.95. The van der Waals surface area contributed by atoms with E-state index >= 15 is 0 Å². The van der Waals surface area contributed by atoms with Crippen LogP contribution < -0.4 is 10.1 Å². The zero-order valence-corrected chi connectivity index (χ0v) is 24.3. The van der Waals surface area contributed by atoms with Crippen molar-refractivity contribution in [2.24, 2.45) is 0 Å². The highest BCUT2D eigenvalue weighted by Gasteiger charge is 2.44. The van der Waals surface area contributed by atoms with Gasteiger partial charge in [0.15, 0.2) is 6.23 Å². The van der Waals surface area contributed by atoms with E-state index in [2.05, 4.69) is 5.32 Å². The van der Waals surface area contributed by atoms with Gasteiger partial charge in [-0.05, 0) is 54.3 Å². The van der Waals surface area contributed by atoms with E-state index in [4.69, 9.17) is 14.5 Å². The molecular weight excluding hydrogens is 552 g/mol. The first-order valence-electron chi connectivity index (χ1n) is 14.3. The predicted octanol–water partition coefficient (Wildman–Crippen LogP) is 2.78. The number of rotatable bonds is 12. The third-order valence-electron chi connectivity index (χ3n) is 7.50. The minimum atomic E-state index is -1.26. The molecule has 1 aromatic heterocycles. The van der Waals surface area contributed by atoms with E-state index in [0.717, 1.165) is 16.7 Å². The molecule has 1 amide bonds. The normalized spacial score (nSPS) is 20.0. The topological polar surface area (TPSA) is 150 Å². The van der Waals surface area contributed by atoms with Crippen LogP contribution in [0.15, 0.2) is 66.7 Å². The van der Waals surface area contributed by atoms with Gasteiger partial charge in [0.1, 0.15) is 24.1 Å². The Morgan fingerprint density at radius 1 is 1.02 bits per heavy atom. The number of unbranched alkanes of at least 4 members (excludes halogenated alkanes) is 1. The molecule has 4 aromatic rings. The molecule has 3 aromatic carbocycles. The summed E-state index contributed by atoms with van der Waals surface area (Å²) >= 11 is 0. The second-order valence-corrected chi connectivity index (χ2v) is 10.8. The number of aliphatic hydroxyl groups is 4. The number of para-hydroxylation sites is 2. The average Bonchev–Trinajstić information content (AvgIpc) is 3.53. The number of amides is 1. The van der Waals surface area contributed by atoms with E-state index in [-0.39, 0.29) is 12.5 Å². The summed E-state index contributed by atoms with van der Waals surface area (Å²) in [7, 11) is 3.43. The zero-order valence-electron chi connectivity index (χ0n) is 24.3. The van der Waals surface area contributed by atoms with E-state index in [1.54, 1.807) is 24.7 Å². The van der Waals surface area contributed by atoms with Gasteiger partial charge in [-0.1, -0.05) is 36.4 Å². The molecule has 0 radical (unpaired) electrons. The Morgan fingerprint density at radius 2 is 1.84 bits per heavy atom. The summed E-state index contributed by atoms with van der Waals surface area (Å²) in [6.07, 6.45) is -3.06.